The summed E-state index contributed by atoms with van der Waals surface area (Å²) in [6.45, 7) is 2.09. The molecule has 0 radical (unpaired) electrons. The maximum absolute atomic E-state index is 12.8. The molecule has 154 valence electrons. The Morgan fingerprint density at radius 1 is 1.07 bits per heavy atom. The molecule has 2 aliphatic heterocycles. The average Bonchev–Trinajstić information content (AvgIpc) is 3.29. The third-order valence-corrected chi connectivity index (χ3v) is 5.40. The van der Waals surface area contributed by atoms with Gasteiger partial charge in [0.2, 0.25) is 11.8 Å². The van der Waals surface area contributed by atoms with Crippen LogP contribution in [-0.4, -0.2) is 48.2 Å². The molecule has 4 rings (SSSR count). The zero-order valence-electron chi connectivity index (χ0n) is 16.7. The molecule has 0 aliphatic carbocycles. The molecule has 8 nitrogen and oxygen atoms in total. The van der Waals surface area contributed by atoms with Gasteiger partial charge in [0.15, 0.2) is 0 Å². The summed E-state index contributed by atoms with van der Waals surface area (Å²) in [5.41, 5.74) is 1.60. The predicted octanol–water partition coefficient (Wildman–Crippen LogP) is 2.45. The van der Waals surface area contributed by atoms with Gasteiger partial charge < -0.3 is 15.0 Å². The van der Waals surface area contributed by atoms with E-state index in [2.05, 4.69) is 5.32 Å². The second kappa shape index (κ2) is 7.62. The number of benzene rings is 2. The third kappa shape index (κ3) is 3.20. The molecule has 1 fully saturated rings. The number of methoxy groups -OCH3 is 1. The van der Waals surface area contributed by atoms with Crippen LogP contribution in [0.5, 0.6) is 5.75 Å². The molecule has 8 heteroatoms. The van der Waals surface area contributed by atoms with E-state index in [1.165, 1.54) is 14.0 Å². The molecular formula is C22H21N3O5. The van der Waals surface area contributed by atoms with Gasteiger partial charge in [0.05, 0.1) is 23.9 Å². The average molecular weight is 407 g/mol. The van der Waals surface area contributed by atoms with Crippen molar-refractivity contribution in [2.75, 3.05) is 23.9 Å². The van der Waals surface area contributed by atoms with E-state index in [1.807, 2.05) is 0 Å². The van der Waals surface area contributed by atoms with Crippen molar-refractivity contribution in [2.24, 2.45) is 0 Å². The maximum atomic E-state index is 12.8. The molecular weight excluding hydrogens is 386 g/mol. The molecule has 1 unspecified atom stereocenters. The van der Waals surface area contributed by atoms with E-state index >= 15 is 0 Å². The minimum atomic E-state index is -1.00. The van der Waals surface area contributed by atoms with Gasteiger partial charge in [0.1, 0.15) is 11.8 Å². The standard InChI is InChI=1S/C22H21N3O5/c1-13(25-21(28)15-6-3-4-7-16(15)22(25)29)20(27)23-14-9-10-18(30-2)17(12-14)24-11-5-8-19(24)26/h3-4,6-7,9-10,12-13H,5,8,11H2,1-2H3,(H,23,27). The number of fused-ring (bicyclic) bond motifs is 1. The van der Waals surface area contributed by atoms with Crippen LogP contribution in [-0.2, 0) is 9.59 Å². The first-order valence-electron chi connectivity index (χ1n) is 9.68. The molecule has 4 amide bonds. The normalized spacial score (nSPS) is 16.7. The van der Waals surface area contributed by atoms with E-state index in [4.69, 9.17) is 4.74 Å². The second-order valence-corrected chi connectivity index (χ2v) is 7.23. The number of hydrogen-bond donors (Lipinski definition) is 1. The number of nitrogens with zero attached hydrogens (tertiary/aromatic N) is 2. The number of carbonyl (C=O) groups is 4. The van der Waals surface area contributed by atoms with E-state index < -0.39 is 23.8 Å². The number of nitrogens with one attached hydrogen (secondary N) is 1. The number of rotatable bonds is 5. The van der Waals surface area contributed by atoms with Crippen molar-refractivity contribution in [2.45, 2.75) is 25.8 Å². The van der Waals surface area contributed by atoms with E-state index in [0.29, 0.717) is 41.2 Å². The first kappa shape index (κ1) is 19.6. The minimum absolute atomic E-state index is 0.00355. The Balaban J connectivity index is 1.55. The molecule has 2 aliphatic rings. The maximum Gasteiger partial charge on any atom is 0.262 e. The fourth-order valence-electron chi connectivity index (χ4n) is 3.81. The summed E-state index contributed by atoms with van der Waals surface area (Å²) >= 11 is 0. The van der Waals surface area contributed by atoms with Crippen LogP contribution in [0.15, 0.2) is 42.5 Å². The highest BCUT2D eigenvalue weighted by Crippen LogP contribution is 2.34. The topological polar surface area (TPSA) is 96.0 Å². The van der Waals surface area contributed by atoms with Crippen molar-refractivity contribution >= 4 is 35.0 Å². The largest absolute Gasteiger partial charge is 0.495 e. The molecule has 0 spiro atoms. The van der Waals surface area contributed by atoms with E-state index in [1.54, 1.807) is 47.4 Å². The Labute approximate surface area is 173 Å². The van der Waals surface area contributed by atoms with Gasteiger partial charge in [0.25, 0.3) is 11.8 Å². The lowest BCUT2D eigenvalue weighted by atomic mass is 10.1. The molecule has 1 N–H and O–H groups in total. The highest BCUT2D eigenvalue weighted by atomic mass is 16.5. The molecule has 2 aromatic carbocycles. The molecule has 30 heavy (non-hydrogen) atoms. The summed E-state index contributed by atoms with van der Waals surface area (Å²) in [6, 6.07) is 10.5. The van der Waals surface area contributed by atoms with Crippen LogP contribution in [0, 0.1) is 0 Å². The van der Waals surface area contributed by atoms with Gasteiger partial charge in [-0.1, -0.05) is 12.1 Å². The zero-order valence-corrected chi connectivity index (χ0v) is 16.7. The molecule has 0 bridgehead atoms. The number of ether oxygens (including phenoxy) is 1. The lowest BCUT2D eigenvalue weighted by molar-refractivity contribution is -0.119. The lowest BCUT2D eigenvalue weighted by Gasteiger charge is -2.23. The van der Waals surface area contributed by atoms with Gasteiger partial charge in [-0.05, 0) is 43.7 Å². The fourth-order valence-corrected chi connectivity index (χ4v) is 3.81. The third-order valence-electron chi connectivity index (χ3n) is 5.40. The van der Waals surface area contributed by atoms with Gasteiger partial charge in [-0.3, -0.25) is 24.1 Å². The van der Waals surface area contributed by atoms with E-state index in [9.17, 15) is 19.2 Å². The monoisotopic (exact) mass is 407 g/mol. The van der Waals surface area contributed by atoms with Crippen molar-refractivity contribution in [1.29, 1.82) is 0 Å². The Morgan fingerprint density at radius 2 is 1.73 bits per heavy atom. The SMILES string of the molecule is COc1ccc(NC(=O)C(C)N2C(=O)c3ccccc3C2=O)cc1N1CCCC1=O. The number of imide groups is 1. The van der Waals surface area contributed by atoms with Crippen LogP contribution in [0.3, 0.4) is 0 Å². The van der Waals surface area contributed by atoms with E-state index in [-0.39, 0.29) is 5.91 Å². The smallest absolute Gasteiger partial charge is 0.262 e. The van der Waals surface area contributed by atoms with Crippen LogP contribution in [0.1, 0.15) is 40.5 Å². The summed E-state index contributed by atoms with van der Waals surface area (Å²) in [6.07, 6.45) is 1.23. The predicted molar refractivity (Wildman–Crippen MR) is 110 cm³/mol. The zero-order chi connectivity index (χ0) is 21.4. The molecule has 2 heterocycles. The van der Waals surface area contributed by atoms with Gasteiger partial charge >= 0.3 is 0 Å². The minimum Gasteiger partial charge on any atom is -0.495 e. The van der Waals surface area contributed by atoms with Crippen molar-refractivity contribution in [3.8, 4) is 5.75 Å². The number of hydrogen-bond acceptors (Lipinski definition) is 5. The number of anilines is 2. The lowest BCUT2D eigenvalue weighted by Crippen LogP contribution is -2.45. The summed E-state index contributed by atoms with van der Waals surface area (Å²) in [4.78, 5) is 52.8. The Hall–Kier alpha value is -3.68. The summed E-state index contributed by atoms with van der Waals surface area (Å²) in [5, 5.41) is 2.74. The fraction of sp³-hybridized carbons (Fsp3) is 0.273. The summed E-state index contributed by atoms with van der Waals surface area (Å²) in [5.74, 6) is -0.964. The summed E-state index contributed by atoms with van der Waals surface area (Å²) in [7, 11) is 1.52. The van der Waals surface area contributed by atoms with Crippen molar-refractivity contribution in [1.82, 2.24) is 4.90 Å². The first-order valence-corrected chi connectivity index (χ1v) is 9.68. The molecule has 1 atom stereocenters. The van der Waals surface area contributed by atoms with Gasteiger partial charge in [-0.15, -0.1) is 0 Å². The number of amides is 4. The Kier molecular flexibility index (Phi) is 4.99. The highest BCUT2D eigenvalue weighted by Gasteiger charge is 2.40. The summed E-state index contributed by atoms with van der Waals surface area (Å²) < 4.78 is 5.35. The molecule has 1 saturated heterocycles. The molecule has 0 saturated carbocycles. The highest BCUT2D eigenvalue weighted by molar-refractivity contribution is 6.23. The van der Waals surface area contributed by atoms with Gasteiger partial charge in [-0.25, -0.2) is 0 Å². The first-order chi connectivity index (χ1) is 14.4. The van der Waals surface area contributed by atoms with E-state index in [0.717, 1.165) is 11.3 Å². The molecule has 0 aromatic heterocycles. The van der Waals surface area contributed by atoms with Crippen LogP contribution < -0.4 is 15.0 Å². The van der Waals surface area contributed by atoms with Crippen LogP contribution in [0.4, 0.5) is 11.4 Å². The quantitative estimate of drug-likeness (QED) is 0.768. The van der Waals surface area contributed by atoms with Crippen molar-refractivity contribution < 1.29 is 23.9 Å². The van der Waals surface area contributed by atoms with Crippen molar-refractivity contribution in [3.63, 3.8) is 0 Å². The Morgan fingerprint density at radius 3 is 2.30 bits per heavy atom. The Bertz CT molecular complexity index is 1030. The van der Waals surface area contributed by atoms with Crippen LogP contribution in [0.2, 0.25) is 0 Å². The van der Waals surface area contributed by atoms with Gasteiger partial charge in [0, 0.05) is 18.7 Å². The molecule has 2 aromatic rings. The van der Waals surface area contributed by atoms with Gasteiger partial charge in [-0.2, -0.15) is 0 Å². The second-order valence-electron chi connectivity index (χ2n) is 7.23. The van der Waals surface area contributed by atoms with Crippen LogP contribution in [0.25, 0.3) is 0 Å². The number of carbonyl (C=O) groups excluding carboxylic acids is 4. The van der Waals surface area contributed by atoms with Crippen molar-refractivity contribution in [3.05, 3.63) is 53.6 Å². The van der Waals surface area contributed by atoms with Crippen LogP contribution >= 0.6 is 0 Å².